The first-order valence-corrected chi connectivity index (χ1v) is 16.8. The van der Waals surface area contributed by atoms with Crippen LogP contribution in [0.2, 0.25) is 0 Å². The lowest BCUT2D eigenvalue weighted by atomic mass is 9.81. The van der Waals surface area contributed by atoms with Gasteiger partial charge in [0.2, 0.25) is 5.91 Å². The first kappa shape index (κ1) is 39.4. The van der Waals surface area contributed by atoms with Gasteiger partial charge in [-0.1, -0.05) is 18.2 Å². The maximum Gasteiger partial charge on any atom is 0.573 e. The van der Waals surface area contributed by atoms with E-state index in [4.69, 9.17) is 15.6 Å². The van der Waals surface area contributed by atoms with Crippen molar-refractivity contribution in [2.45, 2.75) is 81.1 Å². The molecule has 272 valence electrons. The third-order valence-corrected chi connectivity index (χ3v) is 10.4. The Hall–Kier alpha value is -4.06. The molecule has 0 radical (unpaired) electrons. The quantitative estimate of drug-likeness (QED) is 0.250. The summed E-state index contributed by atoms with van der Waals surface area (Å²) in [4.78, 5) is 39.6. The highest BCUT2D eigenvalue weighted by molar-refractivity contribution is 7.91. The van der Waals surface area contributed by atoms with Gasteiger partial charge >= 0.3 is 18.5 Å². The Morgan fingerprint density at radius 3 is 2.22 bits per heavy atom. The summed E-state index contributed by atoms with van der Waals surface area (Å²) in [5.74, 6) is -4.97. The number of carbonyl (C=O) groups is 3. The highest BCUT2D eigenvalue weighted by Gasteiger charge is 2.44. The van der Waals surface area contributed by atoms with Gasteiger partial charge in [0, 0.05) is 30.4 Å². The van der Waals surface area contributed by atoms with Gasteiger partial charge in [-0.15, -0.1) is 13.2 Å². The van der Waals surface area contributed by atoms with Crippen molar-refractivity contribution in [2.75, 3.05) is 25.1 Å². The number of hydrogen-bond acceptors (Lipinski definition) is 8. The second-order valence-electron chi connectivity index (χ2n) is 12.1. The number of aliphatic carboxylic acids is 1. The number of carbonyl (C=O) groups excluding carboxylic acids is 2. The number of nitrogens with one attached hydrogen (secondary N) is 1. The highest BCUT2D eigenvalue weighted by atomic mass is 32.2. The largest absolute Gasteiger partial charge is 0.573 e. The van der Waals surface area contributed by atoms with Crippen LogP contribution < -0.4 is 15.8 Å². The average Bonchev–Trinajstić information content (AvgIpc) is 3.36. The lowest BCUT2D eigenvalue weighted by Crippen LogP contribution is -2.53. The van der Waals surface area contributed by atoms with Crippen molar-refractivity contribution in [3.63, 3.8) is 0 Å². The molecule has 2 fully saturated rings. The summed E-state index contributed by atoms with van der Waals surface area (Å²) in [7, 11) is -1.61. The number of alkyl halides is 6. The summed E-state index contributed by atoms with van der Waals surface area (Å²) >= 11 is 0. The van der Waals surface area contributed by atoms with Crippen LogP contribution in [0.15, 0.2) is 53.4 Å². The molecule has 4 rings (SSSR count). The molecule has 0 aromatic heterocycles. The van der Waals surface area contributed by atoms with E-state index < -0.39 is 46.0 Å². The molecule has 18 heteroatoms. The summed E-state index contributed by atoms with van der Waals surface area (Å²) in [5.41, 5.74) is 5.53. The van der Waals surface area contributed by atoms with Gasteiger partial charge in [-0.3, -0.25) is 9.59 Å². The number of likely N-dealkylation sites (tertiary alicyclic amines) is 1. The van der Waals surface area contributed by atoms with Gasteiger partial charge in [-0.25, -0.2) is 13.2 Å². The zero-order chi connectivity index (χ0) is 36.9. The Labute approximate surface area is 279 Å². The number of nitrogen functional groups attached to an aromatic ring is 1. The van der Waals surface area contributed by atoms with E-state index in [1.165, 1.54) is 0 Å². The number of ether oxygens (including phenoxy) is 1. The molecule has 1 aliphatic carbocycles. The van der Waals surface area contributed by atoms with Gasteiger partial charge in [-0.05, 0) is 82.8 Å². The van der Waals surface area contributed by atoms with Crippen LogP contribution in [0.25, 0.3) is 0 Å². The maximum absolute atomic E-state index is 13.6. The molecule has 1 saturated carbocycles. The molecule has 4 atom stereocenters. The van der Waals surface area contributed by atoms with E-state index in [-0.39, 0.29) is 58.3 Å². The fourth-order valence-electron chi connectivity index (χ4n) is 5.94. The lowest BCUT2D eigenvalue weighted by Gasteiger charge is -2.44. The number of rotatable bonds is 9. The van der Waals surface area contributed by atoms with Gasteiger partial charge in [0.05, 0.1) is 16.2 Å². The number of nitrogens with zero attached hydrogens (tertiary/aromatic N) is 2. The average molecular weight is 725 g/mol. The molecule has 0 bridgehead atoms. The third-order valence-electron chi connectivity index (χ3n) is 8.53. The monoisotopic (exact) mass is 724 g/mol. The fourth-order valence-corrected chi connectivity index (χ4v) is 7.63. The molecule has 1 saturated heterocycles. The summed E-state index contributed by atoms with van der Waals surface area (Å²) in [5, 5.41) is 9.73. The predicted molar refractivity (Wildman–Crippen MR) is 165 cm³/mol. The molecule has 1 heterocycles. The number of carboxylic acids is 1. The molecule has 11 nitrogen and oxygen atoms in total. The van der Waals surface area contributed by atoms with Crippen molar-refractivity contribution < 1.29 is 59.0 Å². The molecule has 2 aliphatic rings. The van der Waals surface area contributed by atoms with Gasteiger partial charge in [0.1, 0.15) is 11.8 Å². The van der Waals surface area contributed by atoms with Crippen LogP contribution in [-0.4, -0.2) is 97.2 Å². The Balaban J connectivity index is 0.000000838. The predicted octanol–water partition coefficient (Wildman–Crippen LogP) is 4.48. The number of carboxylic acid groups (broad SMARTS) is 1. The second-order valence-corrected chi connectivity index (χ2v) is 14.1. The number of amides is 2. The Bertz CT molecular complexity index is 1590. The summed E-state index contributed by atoms with van der Waals surface area (Å²) < 4.78 is 100. The molecule has 0 unspecified atom stereocenters. The van der Waals surface area contributed by atoms with Crippen molar-refractivity contribution in [1.82, 2.24) is 15.1 Å². The normalized spacial score (nSPS) is 21.7. The summed E-state index contributed by atoms with van der Waals surface area (Å²) in [6.45, 7) is 4.47. The van der Waals surface area contributed by atoms with E-state index in [9.17, 15) is 44.3 Å². The first-order valence-electron chi connectivity index (χ1n) is 15.2. The lowest BCUT2D eigenvalue weighted by molar-refractivity contribution is -0.274. The molecule has 0 spiro atoms. The number of sulfone groups is 1. The van der Waals surface area contributed by atoms with Gasteiger partial charge in [-0.2, -0.15) is 13.2 Å². The molecular formula is C31H38F6N4O7S. The van der Waals surface area contributed by atoms with E-state index in [0.717, 1.165) is 24.6 Å². The smallest absolute Gasteiger partial charge is 0.475 e. The number of nitrogens with two attached hydrogens (primary N) is 1. The topological polar surface area (TPSA) is 159 Å². The zero-order valence-corrected chi connectivity index (χ0v) is 27.6. The second kappa shape index (κ2) is 15.7. The molecule has 2 amide bonds. The van der Waals surface area contributed by atoms with Crippen molar-refractivity contribution in [3.05, 3.63) is 54.1 Å². The Kier molecular flexibility index (Phi) is 12.6. The third kappa shape index (κ3) is 10.7. The van der Waals surface area contributed by atoms with Gasteiger partial charge in [0.25, 0.3) is 5.91 Å². The van der Waals surface area contributed by atoms with E-state index in [1.807, 2.05) is 7.05 Å². The van der Waals surface area contributed by atoms with Crippen LogP contribution in [0.3, 0.4) is 0 Å². The zero-order valence-electron chi connectivity index (χ0n) is 26.8. The van der Waals surface area contributed by atoms with E-state index in [2.05, 4.69) is 28.8 Å². The minimum absolute atomic E-state index is 0.0666. The van der Waals surface area contributed by atoms with Crippen molar-refractivity contribution in [2.24, 2.45) is 5.92 Å². The fraction of sp³-hybridized carbons (Fsp3) is 0.516. The summed E-state index contributed by atoms with van der Waals surface area (Å²) in [6, 6.07) is 10.4. The van der Waals surface area contributed by atoms with Crippen molar-refractivity contribution in [3.8, 4) is 5.75 Å². The number of halogens is 6. The van der Waals surface area contributed by atoms with Crippen molar-refractivity contribution in [1.29, 1.82) is 0 Å². The van der Waals surface area contributed by atoms with Crippen molar-refractivity contribution >= 4 is 33.3 Å². The van der Waals surface area contributed by atoms with Crippen LogP contribution in [0, 0.1) is 5.92 Å². The molecule has 2 aromatic rings. The minimum atomic E-state index is -5.08. The maximum atomic E-state index is 13.6. The van der Waals surface area contributed by atoms with Crippen LogP contribution >= 0.6 is 0 Å². The summed E-state index contributed by atoms with van der Waals surface area (Å²) in [6.07, 6.45) is -7.78. The molecule has 49 heavy (non-hydrogen) atoms. The first-order chi connectivity index (χ1) is 22.6. The molecular weight excluding hydrogens is 686 g/mol. The SMILES string of the molecule is CC(C)N(C)[C@@H]1CC[C@H](N2CC[C@@H](NC(=O)c3cc(OC(F)(F)F)ccc3N)C2=O)[C@H](CS(=O)(=O)c2ccccc2)C1.O=C(O)C(F)(F)F. The number of benzene rings is 2. The molecule has 2 aromatic carbocycles. The van der Waals surface area contributed by atoms with Gasteiger partial charge < -0.3 is 30.7 Å². The number of anilines is 1. The Morgan fingerprint density at radius 1 is 1.06 bits per heavy atom. The van der Waals surface area contributed by atoms with Crippen LogP contribution in [-0.2, 0) is 19.4 Å². The Morgan fingerprint density at radius 2 is 1.67 bits per heavy atom. The standard InChI is InChI=1S/C29H37F3N4O5S.C2HF3O2/c1-18(2)35(3)20-9-12-26(19(15-20)17-42(39,40)22-7-5-4-6-8-22)36-14-13-25(28(36)38)34-27(37)23-16-21(10-11-24(23)33)41-29(30,31)32;3-2(4,5)1(6)7/h4-8,10-11,16,18-20,25-26H,9,12-15,17,33H2,1-3H3,(H,34,37);(H,6,7)/t19-,20+,25+,26-;/m0./s1. The van der Waals surface area contributed by atoms with Crippen LogP contribution in [0.1, 0.15) is 49.9 Å². The van der Waals surface area contributed by atoms with Crippen LogP contribution in [0.4, 0.5) is 32.0 Å². The van der Waals surface area contributed by atoms with E-state index >= 15 is 0 Å². The van der Waals surface area contributed by atoms with Crippen LogP contribution in [0.5, 0.6) is 5.75 Å². The number of hydrogen-bond donors (Lipinski definition) is 3. The molecule has 1 aliphatic heterocycles. The van der Waals surface area contributed by atoms with E-state index in [0.29, 0.717) is 19.4 Å². The highest BCUT2D eigenvalue weighted by Crippen LogP contribution is 2.36. The van der Waals surface area contributed by atoms with E-state index in [1.54, 1.807) is 35.2 Å². The molecule has 4 N–H and O–H groups in total. The minimum Gasteiger partial charge on any atom is -0.475 e. The van der Waals surface area contributed by atoms with Gasteiger partial charge in [0.15, 0.2) is 9.84 Å².